The molecule has 0 radical (unpaired) electrons. The number of benzene rings is 2. The first-order valence-corrected chi connectivity index (χ1v) is 8.29. The van der Waals surface area contributed by atoms with Crippen molar-refractivity contribution in [3.05, 3.63) is 59.7 Å². The van der Waals surface area contributed by atoms with Crippen LogP contribution >= 0.6 is 12.4 Å². The van der Waals surface area contributed by atoms with Crippen molar-refractivity contribution in [2.45, 2.75) is 19.2 Å². The Kier molecular flexibility index (Phi) is 7.63. The van der Waals surface area contributed by atoms with Gasteiger partial charge in [-0.2, -0.15) is 8.78 Å². The quantitative estimate of drug-likeness (QED) is 0.819. The predicted molar refractivity (Wildman–Crippen MR) is 99.3 cm³/mol. The second-order valence-electron chi connectivity index (χ2n) is 5.96. The van der Waals surface area contributed by atoms with Crippen LogP contribution < -0.4 is 14.8 Å². The molecule has 1 heterocycles. The highest BCUT2D eigenvalue weighted by Gasteiger charge is 2.26. The summed E-state index contributed by atoms with van der Waals surface area (Å²) in [6.45, 7) is 0.413. The highest BCUT2D eigenvalue weighted by molar-refractivity contribution is 5.85. The van der Waals surface area contributed by atoms with E-state index in [0.29, 0.717) is 6.54 Å². The minimum absolute atomic E-state index is 0. The Morgan fingerprint density at radius 3 is 2.77 bits per heavy atom. The molecular weight excluding hydrogens is 362 g/mol. The molecule has 26 heavy (non-hydrogen) atoms. The number of hydrogen-bond donors (Lipinski definition) is 1. The molecule has 1 atom stereocenters. The number of halogens is 3. The molecule has 7 heteroatoms. The van der Waals surface area contributed by atoms with Gasteiger partial charge in [-0.3, -0.25) is 4.90 Å². The molecule has 3 rings (SSSR count). The molecule has 0 aromatic heterocycles. The minimum Gasteiger partial charge on any atom is -0.496 e. The molecule has 1 fully saturated rings. The zero-order valence-corrected chi connectivity index (χ0v) is 15.3. The summed E-state index contributed by atoms with van der Waals surface area (Å²) in [6.07, 6.45) is 0. The van der Waals surface area contributed by atoms with Gasteiger partial charge >= 0.3 is 6.61 Å². The zero-order chi connectivity index (χ0) is 17.6. The summed E-state index contributed by atoms with van der Waals surface area (Å²) in [5, 5.41) is 3.42. The normalized spacial score (nSPS) is 17.6. The van der Waals surface area contributed by atoms with Crippen LogP contribution in [0.5, 0.6) is 11.5 Å². The van der Waals surface area contributed by atoms with E-state index in [1.165, 1.54) is 0 Å². The Hall–Kier alpha value is -1.89. The Labute approximate surface area is 158 Å². The van der Waals surface area contributed by atoms with Crippen LogP contribution in [0, 0.1) is 0 Å². The average Bonchev–Trinajstić information content (AvgIpc) is 2.62. The lowest BCUT2D eigenvalue weighted by Gasteiger charge is -2.37. The summed E-state index contributed by atoms with van der Waals surface area (Å²) in [5.74, 6) is 1.05. The molecule has 0 spiro atoms. The van der Waals surface area contributed by atoms with Crippen molar-refractivity contribution in [1.29, 1.82) is 0 Å². The van der Waals surface area contributed by atoms with Crippen LogP contribution in [0.25, 0.3) is 0 Å². The number of nitrogens with one attached hydrogen (secondary N) is 1. The average molecular weight is 385 g/mol. The van der Waals surface area contributed by atoms with Crippen LogP contribution in [0.3, 0.4) is 0 Å². The number of para-hydroxylation sites is 1. The first-order valence-electron chi connectivity index (χ1n) is 8.29. The van der Waals surface area contributed by atoms with Crippen LogP contribution in [0.15, 0.2) is 48.5 Å². The van der Waals surface area contributed by atoms with E-state index in [0.717, 1.165) is 36.5 Å². The van der Waals surface area contributed by atoms with E-state index in [2.05, 4.69) is 21.0 Å². The molecule has 1 saturated heterocycles. The Morgan fingerprint density at radius 1 is 1.19 bits per heavy atom. The van der Waals surface area contributed by atoms with Gasteiger partial charge in [0.15, 0.2) is 0 Å². The van der Waals surface area contributed by atoms with E-state index in [-0.39, 0.29) is 24.2 Å². The summed E-state index contributed by atoms with van der Waals surface area (Å²) >= 11 is 0. The number of nitrogens with zero attached hydrogens (tertiary/aromatic N) is 1. The van der Waals surface area contributed by atoms with Gasteiger partial charge in [0.1, 0.15) is 11.5 Å². The monoisotopic (exact) mass is 384 g/mol. The Balaban J connectivity index is 0.00000243. The van der Waals surface area contributed by atoms with Gasteiger partial charge in [0.05, 0.1) is 13.2 Å². The molecule has 0 aliphatic carbocycles. The van der Waals surface area contributed by atoms with E-state index < -0.39 is 6.61 Å². The fourth-order valence-electron chi connectivity index (χ4n) is 3.24. The van der Waals surface area contributed by atoms with Crippen molar-refractivity contribution in [2.24, 2.45) is 0 Å². The highest BCUT2D eigenvalue weighted by Crippen LogP contribution is 2.31. The van der Waals surface area contributed by atoms with Crippen molar-refractivity contribution in [3.63, 3.8) is 0 Å². The fraction of sp³-hybridized carbons (Fsp3) is 0.368. The summed E-state index contributed by atoms with van der Waals surface area (Å²) < 4.78 is 34.9. The molecule has 2 aromatic rings. The van der Waals surface area contributed by atoms with Gasteiger partial charge in [-0.1, -0.05) is 30.3 Å². The molecule has 1 aliphatic rings. The van der Waals surface area contributed by atoms with Crippen LogP contribution in [0.1, 0.15) is 17.2 Å². The maximum Gasteiger partial charge on any atom is 0.387 e. The molecule has 2 aromatic carbocycles. The van der Waals surface area contributed by atoms with Gasteiger partial charge in [0.25, 0.3) is 0 Å². The Bertz CT molecular complexity index is 703. The molecule has 4 nitrogen and oxygen atoms in total. The zero-order valence-electron chi connectivity index (χ0n) is 14.5. The fourth-order valence-corrected chi connectivity index (χ4v) is 3.24. The first kappa shape index (κ1) is 20.4. The SMILES string of the molecule is COc1ccccc1C1CNCCN1Cc1cccc(OC(F)F)c1.Cl. The number of methoxy groups -OCH3 is 1. The number of ether oxygens (including phenoxy) is 2. The van der Waals surface area contributed by atoms with Crippen LogP contribution in [0.4, 0.5) is 8.78 Å². The lowest BCUT2D eigenvalue weighted by atomic mass is 10.0. The van der Waals surface area contributed by atoms with E-state index in [1.807, 2.05) is 24.3 Å². The number of alkyl halides is 2. The van der Waals surface area contributed by atoms with Crippen molar-refractivity contribution < 1.29 is 18.3 Å². The second-order valence-corrected chi connectivity index (χ2v) is 5.96. The van der Waals surface area contributed by atoms with E-state index in [4.69, 9.17) is 4.74 Å². The van der Waals surface area contributed by atoms with Crippen molar-refractivity contribution in [3.8, 4) is 11.5 Å². The lowest BCUT2D eigenvalue weighted by molar-refractivity contribution is -0.0499. The summed E-state index contributed by atoms with van der Waals surface area (Å²) in [4.78, 5) is 2.33. The van der Waals surface area contributed by atoms with Gasteiger partial charge in [0.2, 0.25) is 0 Å². The summed E-state index contributed by atoms with van der Waals surface area (Å²) in [6, 6.07) is 15.0. The third kappa shape index (κ3) is 5.06. The standard InChI is InChI=1S/C19H22F2N2O2.ClH/c1-24-18-8-3-2-7-16(18)17-12-22-9-10-23(17)13-14-5-4-6-15(11-14)25-19(20)21;/h2-8,11,17,19,22H,9-10,12-13H2,1H3;1H. The molecule has 1 aliphatic heterocycles. The van der Waals surface area contributed by atoms with Crippen LogP contribution in [-0.4, -0.2) is 38.3 Å². The van der Waals surface area contributed by atoms with Gasteiger partial charge in [-0.25, -0.2) is 0 Å². The maximum atomic E-state index is 12.4. The minimum atomic E-state index is -2.81. The molecule has 0 amide bonds. The molecule has 1 unspecified atom stereocenters. The van der Waals surface area contributed by atoms with Gasteiger partial charge < -0.3 is 14.8 Å². The van der Waals surface area contributed by atoms with Gasteiger partial charge in [0, 0.05) is 31.7 Å². The highest BCUT2D eigenvalue weighted by atomic mass is 35.5. The number of rotatable bonds is 6. The van der Waals surface area contributed by atoms with Gasteiger partial charge in [-0.15, -0.1) is 12.4 Å². The summed E-state index contributed by atoms with van der Waals surface area (Å²) in [5.41, 5.74) is 2.07. The van der Waals surface area contributed by atoms with E-state index >= 15 is 0 Å². The smallest absolute Gasteiger partial charge is 0.387 e. The maximum absolute atomic E-state index is 12.4. The van der Waals surface area contributed by atoms with Crippen molar-refractivity contribution in [1.82, 2.24) is 10.2 Å². The molecule has 0 saturated carbocycles. The number of hydrogen-bond acceptors (Lipinski definition) is 4. The largest absolute Gasteiger partial charge is 0.496 e. The summed E-state index contributed by atoms with van der Waals surface area (Å²) in [7, 11) is 1.67. The molecule has 142 valence electrons. The molecule has 1 N–H and O–H groups in total. The Morgan fingerprint density at radius 2 is 2.00 bits per heavy atom. The van der Waals surface area contributed by atoms with Crippen LogP contribution in [0.2, 0.25) is 0 Å². The first-order chi connectivity index (χ1) is 12.2. The second kappa shape index (κ2) is 9.71. The van der Waals surface area contributed by atoms with Crippen molar-refractivity contribution >= 4 is 12.4 Å². The van der Waals surface area contributed by atoms with Crippen LogP contribution in [-0.2, 0) is 6.54 Å². The lowest BCUT2D eigenvalue weighted by Crippen LogP contribution is -2.45. The topological polar surface area (TPSA) is 33.7 Å². The van der Waals surface area contributed by atoms with E-state index in [9.17, 15) is 8.78 Å². The molecule has 0 bridgehead atoms. The third-order valence-corrected chi connectivity index (χ3v) is 4.36. The predicted octanol–water partition coefficient (Wildman–Crippen LogP) is 3.86. The third-order valence-electron chi connectivity index (χ3n) is 4.36. The van der Waals surface area contributed by atoms with E-state index in [1.54, 1.807) is 25.3 Å². The molecular formula is C19H23ClF2N2O2. The van der Waals surface area contributed by atoms with Gasteiger partial charge in [-0.05, 0) is 23.8 Å². The van der Waals surface area contributed by atoms with Crippen molar-refractivity contribution in [2.75, 3.05) is 26.7 Å². The number of piperazine rings is 1.